The third-order valence-corrected chi connectivity index (χ3v) is 6.81. The van der Waals surface area contributed by atoms with Crippen molar-refractivity contribution in [2.45, 2.75) is 43.0 Å². The fourth-order valence-electron chi connectivity index (χ4n) is 3.59. The number of hydrogen-bond donors (Lipinski definition) is 4. The molecule has 0 spiro atoms. The topological polar surface area (TPSA) is 190 Å². The molecular weight excluding hydrogens is 508 g/mol. The van der Waals surface area contributed by atoms with Crippen molar-refractivity contribution in [3.8, 4) is 11.6 Å². The summed E-state index contributed by atoms with van der Waals surface area (Å²) in [4.78, 5) is 50.7. The van der Waals surface area contributed by atoms with E-state index in [0.29, 0.717) is 5.56 Å². The normalized spacial score (nSPS) is 13.8. The predicted octanol–water partition coefficient (Wildman–Crippen LogP) is 1.44. The summed E-state index contributed by atoms with van der Waals surface area (Å²) >= 11 is 0. The summed E-state index contributed by atoms with van der Waals surface area (Å²) in [5.74, 6) is -3.16. The van der Waals surface area contributed by atoms with Gasteiger partial charge in [-0.3, -0.25) is 14.4 Å². The standard InChI is InChI=1S/C23H26N4O9S/c1-35-18-11-15(12-24-22(18)36-23(32)25-13-19(28)29)21(31)27-37(33,34)17-9-7-14(8-10-17)20(30)26-16-5-3-2-4-6-16/h7-12,16H,2-6,13H2,1H3,(H,25,32)(H,26,30)(H,27,31)(H,28,29). The number of benzene rings is 1. The molecule has 14 heteroatoms. The van der Waals surface area contributed by atoms with Gasteiger partial charge >= 0.3 is 12.1 Å². The fourth-order valence-corrected chi connectivity index (χ4v) is 4.57. The fraction of sp³-hybridized carbons (Fsp3) is 0.348. The lowest BCUT2D eigenvalue weighted by atomic mass is 9.95. The molecule has 1 aliphatic rings. The zero-order valence-electron chi connectivity index (χ0n) is 19.9. The number of amides is 3. The first-order chi connectivity index (χ1) is 17.6. The number of aliphatic carboxylic acids is 1. The molecule has 4 N–H and O–H groups in total. The van der Waals surface area contributed by atoms with Crippen molar-refractivity contribution >= 4 is 33.9 Å². The number of nitrogens with zero attached hydrogens (tertiary/aromatic N) is 1. The highest BCUT2D eigenvalue weighted by atomic mass is 32.2. The Morgan fingerprint density at radius 3 is 2.32 bits per heavy atom. The maximum atomic E-state index is 12.7. The van der Waals surface area contributed by atoms with Crippen LogP contribution in [0.2, 0.25) is 0 Å². The van der Waals surface area contributed by atoms with Crippen LogP contribution in [0.4, 0.5) is 4.79 Å². The van der Waals surface area contributed by atoms with Gasteiger partial charge in [-0.1, -0.05) is 19.3 Å². The molecule has 2 aromatic rings. The first-order valence-corrected chi connectivity index (χ1v) is 12.8. The Bertz CT molecular complexity index is 1270. The van der Waals surface area contributed by atoms with E-state index in [-0.39, 0.29) is 34.0 Å². The number of ether oxygens (including phenoxy) is 2. The van der Waals surface area contributed by atoms with E-state index < -0.39 is 34.5 Å². The van der Waals surface area contributed by atoms with Crippen LogP contribution in [0.3, 0.4) is 0 Å². The van der Waals surface area contributed by atoms with Gasteiger partial charge < -0.3 is 25.2 Å². The average molecular weight is 535 g/mol. The Kier molecular flexibility index (Phi) is 9.00. The monoisotopic (exact) mass is 534 g/mol. The number of carboxylic acids is 1. The van der Waals surface area contributed by atoms with E-state index in [1.54, 1.807) is 0 Å². The lowest BCUT2D eigenvalue weighted by Crippen LogP contribution is -2.36. The molecule has 3 amide bonds. The Morgan fingerprint density at radius 1 is 1.03 bits per heavy atom. The van der Waals surface area contributed by atoms with E-state index in [9.17, 15) is 27.6 Å². The largest absolute Gasteiger partial charge is 0.491 e. The van der Waals surface area contributed by atoms with Crippen molar-refractivity contribution in [2.24, 2.45) is 0 Å². The molecule has 1 aliphatic carbocycles. The highest BCUT2D eigenvalue weighted by molar-refractivity contribution is 7.90. The molecule has 1 heterocycles. The van der Waals surface area contributed by atoms with Gasteiger partial charge in [0.15, 0.2) is 5.75 Å². The van der Waals surface area contributed by atoms with E-state index in [4.69, 9.17) is 14.6 Å². The Morgan fingerprint density at radius 2 is 1.70 bits per heavy atom. The smallest absolute Gasteiger partial charge is 0.414 e. The van der Waals surface area contributed by atoms with E-state index in [1.807, 2.05) is 10.0 Å². The minimum absolute atomic E-state index is 0.102. The molecule has 13 nitrogen and oxygen atoms in total. The first kappa shape index (κ1) is 27.4. The average Bonchev–Trinajstić information content (AvgIpc) is 2.88. The van der Waals surface area contributed by atoms with Gasteiger partial charge in [-0.2, -0.15) is 0 Å². The van der Waals surface area contributed by atoms with Crippen LogP contribution < -0.4 is 24.8 Å². The minimum atomic E-state index is -4.29. The van der Waals surface area contributed by atoms with Crippen LogP contribution >= 0.6 is 0 Å². The molecule has 198 valence electrons. The van der Waals surface area contributed by atoms with Crippen LogP contribution in [0, 0.1) is 0 Å². The molecule has 37 heavy (non-hydrogen) atoms. The van der Waals surface area contributed by atoms with Gasteiger partial charge in [0.1, 0.15) is 6.54 Å². The number of sulfonamides is 1. The van der Waals surface area contributed by atoms with Crippen molar-refractivity contribution in [1.82, 2.24) is 20.3 Å². The van der Waals surface area contributed by atoms with Crippen molar-refractivity contribution in [3.63, 3.8) is 0 Å². The maximum Gasteiger partial charge on any atom is 0.414 e. The second-order valence-electron chi connectivity index (χ2n) is 8.14. The number of rotatable bonds is 9. The molecular formula is C23H26N4O9S. The minimum Gasteiger partial charge on any atom is -0.491 e. The van der Waals surface area contributed by atoms with Crippen LogP contribution in [0.5, 0.6) is 11.6 Å². The lowest BCUT2D eigenvalue weighted by Gasteiger charge is -2.22. The van der Waals surface area contributed by atoms with Crippen molar-refractivity contribution in [3.05, 3.63) is 47.7 Å². The number of carbonyl (C=O) groups is 4. The quantitative estimate of drug-likeness (QED) is 0.366. The summed E-state index contributed by atoms with van der Waals surface area (Å²) in [5.41, 5.74) is 0.0787. The molecule has 0 aliphatic heterocycles. The van der Waals surface area contributed by atoms with Gasteiger partial charge in [0.05, 0.1) is 17.6 Å². The van der Waals surface area contributed by atoms with Crippen LogP contribution in [0.1, 0.15) is 52.8 Å². The van der Waals surface area contributed by atoms with Crippen molar-refractivity contribution < 1.29 is 42.2 Å². The summed E-state index contributed by atoms with van der Waals surface area (Å²) in [6.07, 6.45) is 4.92. The van der Waals surface area contributed by atoms with Crippen LogP contribution in [0.25, 0.3) is 0 Å². The molecule has 3 rings (SSSR count). The van der Waals surface area contributed by atoms with Crippen LogP contribution in [-0.4, -0.2) is 62.1 Å². The third kappa shape index (κ3) is 7.64. The van der Waals surface area contributed by atoms with Crippen molar-refractivity contribution in [2.75, 3.05) is 13.7 Å². The van der Waals surface area contributed by atoms with E-state index >= 15 is 0 Å². The molecule has 0 atom stereocenters. The van der Waals surface area contributed by atoms with Crippen molar-refractivity contribution in [1.29, 1.82) is 0 Å². The van der Waals surface area contributed by atoms with Crippen LogP contribution in [-0.2, 0) is 14.8 Å². The van der Waals surface area contributed by atoms with Gasteiger partial charge in [-0.25, -0.2) is 22.9 Å². The second kappa shape index (κ2) is 12.2. The molecule has 1 aromatic heterocycles. The van der Waals surface area contributed by atoms with E-state index in [0.717, 1.165) is 44.4 Å². The zero-order chi connectivity index (χ0) is 27.0. The second-order valence-corrected chi connectivity index (χ2v) is 9.82. The third-order valence-electron chi connectivity index (χ3n) is 5.47. The number of aromatic nitrogens is 1. The molecule has 1 fully saturated rings. The number of carbonyl (C=O) groups excluding carboxylic acids is 3. The maximum absolute atomic E-state index is 12.7. The summed E-state index contributed by atoms with van der Waals surface area (Å²) < 4.78 is 37.1. The summed E-state index contributed by atoms with van der Waals surface area (Å²) in [7, 11) is -3.09. The van der Waals surface area contributed by atoms with Gasteiger partial charge in [0, 0.05) is 23.9 Å². The van der Waals surface area contributed by atoms with Gasteiger partial charge in [0.2, 0.25) is 0 Å². The van der Waals surface area contributed by atoms with E-state index in [2.05, 4.69) is 10.3 Å². The molecule has 1 saturated carbocycles. The van der Waals surface area contributed by atoms with Crippen LogP contribution in [0.15, 0.2) is 41.4 Å². The summed E-state index contributed by atoms with van der Waals surface area (Å²) in [6.45, 7) is -0.689. The predicted molar refractivity (Wildman–Crippen MR) is 128 cm³/mol. The van der Waals surface area contributed by atoms with Gasteiger partial charge in [0.25, 0.3) is 27.7 Å². The molecule has 0 saturated heterocycles. The number of carboxylic acid groups (broad SMARTS) is 1. The number of methoxy groups -OCH3 is 1. The van der Waals surface area contributed by atoms with E-state index in [1.165, 1.54) is 31.4 Å². The molecule has 1 aromatic carbocycles. The summed E-state index contributed by atoms with van der Waals surface area (Å²) in [6, 6.07) is 6.36. The van der Waals surface area contributed by atoms with Gasteiger partial charge in [-0.05, 0) is 37.1 Å². The van der Waals surface area contributed by atoms with Gasteiger partial charge in [-0.15, -0.1) is 0 Å². The molecule has 0 bridgehead atoms. The highest BCUT2D eigenvalue weighted by Gasteiger charge is 2.22. The molecule has 0 radical (unpaired) electrons. The number of nitrogens with one attached hydrogen (secondary N) is 3. The summed E-state index contributed by atoms with van der Waals surface area (Å²) in [5, 5.41) is 13.5. The Labute approximate surface area is 212 Å². The Hall–Kier alpha value is -4.20. The highest BCUT2D eigenvalue weighted by Crippen LogP contribution is 2.25. The SMILES string of the molecule is COc1cc(C(=O)NS(=O)(=O)c2ccc(C(=O)NC3CCCCC3)cc2)cnc1OC(=O)NCC(=O)O. The number of hydrogen-bond acceptors (Lipinski definition) is 9. The molecule has 0 unspecified atom stereocenters. The lowest BCUT2D eigenvalue weighted by molar-refractivity contribution is -0.135. The Balaban J connectivity index is 1.65. The zero-order valence-corrected chi connectivity index (χ0v) is 20.7. The number of pyridine rings is 1. The first-order valence-electron chi connectivity index (χ1n) is 11.3.